The quantitative estimate of drug-likeness (QED) is 0.646. The van der Waals surface area contributed by atoms with Crippen molar-refractivity contribution in [1.82, 2.24) is 9.62 Å². The molecule has 3 aromatic rings. The molecule has 0 amide bonds. The SMILES string of the molecule is COc1ccc2ccccc2c1CN1CCC(NS(=O)(=O)c2ccc(F)cc2F)C1. The molecule has 158 valence electrons. The molecule has 1 aliphatic heterocycles. The number of hydrogen-bond donors (Lipinski definition) is 1. The molecule has 0 saturated carbocycles. The van der Waals surface area contributed by atoms with Gasteiger partial charge in [-0.2, -0.15) is 0 Å². The highest BCUT2D eigenvalue weighted by Gasteiger charge is 2.29. The molecule has 0 bridgehead atoms. The van der Waals surface area contributed by atoms with E-state index < -0.39 is 26.6 Å². The second-order valence-electron chi connectivity index (χ2n) is 7.38. The van der Waals surface area contributed by atoms with Crippen LogP contribution in [-0.2, 0) is 16.6 Å². The second kappa shape index (κ2) is 8.29. The molecule has 0 radical (unpaired) electrons. The Kier molecular flexibility index (Phi) is 5.73. The molecular weight excluding hydrogens is 410 g/mol. The van der Waals surface area contributed by atoms with E-state index in [9.17, 15) is 17.2 Å². The lowest BCUT2D eigenvalue weighted by Crippen LogP contribution is -2.37. The molecular formula is C22H22F2N2O3S. The van der Waals surface area contributed by atoms with E-state index in [4.69, 9.17) is 4.74 Å². The molecule has 3 aromatic carbocycles. The summed E-state index contributed by atoms with van der Waals surface area (Å²) in [7, 11) is -2.45. The number of ether oxygens (including phenoxy) is 1. The fraction of sp³-hybridized carbons (Fsp3) is 0.273. The molecule has 0 spiro atoms. The first-order valence-electron chi connectivity index (χ1n) is 9.62. The van der Waals surface area contributed by atoms with Crippen molar-refractivity contribution < 1.29 is 21.9 Å². The van der Waals surface area contributed by atoms with Gasteiger partial charge in [0.15, 0.2) is 0 Å². The molecule has 0 aliphatic carbocycles. The molecule has 1 atom stereocenters. The maximum absolute atomic E-state index is 13.9. The third-order valence-electron chi connectivity index (χ3n) is 5.38. The van der Waals surface area contributed by atoms with Crippen LogP contribution in [0, 0.1) is 11.6 Å². The van der Waals surface area contributed by atoms with Crippen molar-refractivity contribution >= 4 is 20.8 Å². The van der Waals surface area contributed by atoms with E-state index in [1.54, 1.807) is 7.11 Å². The van der Waals surface area contributed by atoms with Gasteiger partial charge >= 0.3 is 0 Å². The molecule has 0 aromatic heterocycles. The largest absolute Gasteiger partial charge is 0.496 e. The second-order valence-corrected chi connectivity index (χ2v) is 9.07. The van der Waals surface area contributed by atoms with Gasteiger partial charge in [0, 0.05) is 37.3 Å². The summed E-state index contributed by atoms with van der Waals surface area (Å²) < 4.78 is 60.2. The van der Waals surface area contributed by atoms with Crippen molar-refractivity contribution in [3.8, 4) is 5.75 Å². The maximum Gasteiger partial charge on any atom is 0.243 e. The molecule has 1 aliphatic rings. The topological polar surface area (TPSA) is 58.6 Å². The first kappa shape index (κ1) is 20.7. The Balaban J connectivity index is 1.50. The van der Waals surface area contributed by atoms with Crippen molar-refractivity contribution in [2.45, 2.75) is 23.9 Å². The molecule has 1 saturated heterocycles. The number of benzene rings is 3. The summed E-state index contributed by atoms with van der Waals surface area (Å²) in [6.07, 6.45) is 0.592. The van der Waals surface area contributed by atoms with Crippen molar-refractivity contribution in [2.24, 2.45) is 0 Å². The van der Waals surface area contributed by atoms with Crippen molar-refractivity contribution in [3.05, 3.63) is 71.8 Å². The average Bonchev–Trinajstić information content (AvgIpc) is 3.14. The molecule has 4 rings (SSSR count). The molecule has 1 unspecified atom stereocenters. The van der Waals surface area contributed by atoms with Crippen LogP contribution in [0.1, 0.15) is 12.0 Å². The van der Waals surface area contributed by atoms with Crippen LogP contribution in [0.2, 0.25) is 0 Å². The Morgan fingerprint density at radius 1 is 1.13 bits per heavy atom. The van der Waals surface area contributed by atoms with Gasteiger partial charge in [-0.3, -0.25) is 4.90 Å². The molecule has 5 nitrogen and oxygen atoms in total. The van der Waals surface area contributed by atoms with Gasteiger partial charge in [0.25, 0.3) is 0 Å². The Morgan fingerprint density at radius 3 is 2.70 bits per heavy atom. The van der Waals surface area contributed by atoms with E-state index >= 15 is 0 Å². The Bertz CT molecular complexity index is 1180. The van der Waals surface area contributed by atoms with Crippen LogP contribution in [0.15, 0.2) is 59.5 Å². The van der Waals surface area contributed by atoms with Gasteiger partial charge in [0.2, 0.25) is 10.0 Å². The van der Waals surface area contributed by atoms with Gasteiger partial charge in [0.05, 0.1) is 7.11 Å². The van der Waals surface area contributed by atoms with Gasteiger partial charge in [-0.15, -0.1) is 0 Å². The van der Waals surface area contributed by atoms with Crippen LogP contribution in [0.5, 0.6) is 5.75 Å². The number of halogens is 2. The summed E-state index contributed by atoms with van der Waals surface area (Å²) in [5.74, 6) is -1.13. The van der Waals surface area contributed by atoms with E-state index in [0.29, 0.717) is 32.1 Å². The van der Waals surface area contributed by atoms with Crippen LogP contribution in [0.3, 0.4) is 0 Å². The number of nitrogens with zero attached hydrogens (tertiary/aromatic N) is 1. The standard InChI is InChI=1S/C22H22F2N2O3S/c1-29-21-8-6-15-4-2-3-5-18(15)19(21)14-26-11-10-17(13-26)25-30(27,28)22-9-7-16(23)12-20(22)24/h2-9,12,17,25H,10-11,13-14H2,1H3. The lowest BCUT2D eigenvalue weighted by molar-refractivity contribution is 0.316. The van der Waals surface area contributed by atoms with E-state index in [1.807, 2.05) is 36.4 Å². The zero-order chi connectivity index (χ0) is 21.3. The van der Waals surface area contributed by atoms with E-state index in [1.165, 1.54) is 0 Å². The zero-order valence-corrected chi connectivity index (χ0v) is 17.3. The van der Waals surface area contributed by atoms with Gasteiger partial charge in [-0.05, 0) is 35.4 Å². The van der Waals surface area contributed by atoms with Crippen LogP contribution in [0.25, 0.3) is 10.8 Å². The van der Waals surface area contributed by atoms with Crippen LogP contribution in [-0.4, -0.2) is 39.6 Å². The normalized spacial score (nSPS) is 17.5. The van der Waals surface area contributed by atoms with Gasteiger partial charge in [-0.25, -0.2) is 21.9 Å². The number of hydrogen-bond acceptors (Lipinski definition) is 4. The van der Waals surface area contributed by atoms with E-state index in [-0.39, 0.29) is 6.04 Å². The summed E-state index contributed by atoms with van der Waals surface area (Å²) in [5, 5.41) is 2.20. The van der Waals surface area contributed by atoms with Gasteiger partial charge < -0.3 is 4.74 Å². The molecule has 1 fully saturated rings. The fourth-order valence-electron chi connectivity index (χ4n) is 3.94. The summed E-state index contributed by atoms with van der Waals surface area (Å²) >= 11 is 0. The van der Waals surface area contributed by atoms with Crippen LogP contribution >= 0.6 is 0 Å². The summed E-state index contributed by atoms with van der Waals surface area (Å²) in [6, 6.07) is 14.1. The van der Waals surface area contributed by atoms with Gasteiger partial charge in [0.1, 0.15) is 22.3 Å². The minimum atomic E-state index is -4.08. The van der Waals surface area contributed by atoms with Crippen molar-refractivity contribution in [2.75, 3.05) is 20.2 Å². The first-order valence-corrected chi connectivity index (χ1v) is 11.1. The van der Waals surface area contributed by atoms with Crippen molar-refractivity contribution in [3.63, 3.8) is 0 Å². The summed E-state index contributed by atoms with van der Waals surface area (Å²) in [5.41, 5.74) is 1.05. The first-order chi connectivity index (χ1) is 14.4. The molecule has 30 heavy (non-hydrogen) atoms. The van der Waals surface area contributed by atoms with Crippen molar-refractivity contribution in [1.29, 1.82) is 0 Å². The third-order valence-corrected chi connectivity index (χ3v) is 6.93. The minimum absolute atomic E-state index is 0.361. The number of nitrogens with one attached hydrogen (secondary N) is 1. The summed E-state index contributed by atoms with van der Waals surface area (Å²) in [4.78, 5) is 1.59. The lowest BCUT2D eigenvalue weighted by atomic mass is 10.0. The number of sulfonamides is 1. The number of methoxy groups -OCH3 is 1. The fourth-order valence-corrected chi connectivity index (χ4v) is 5.26. The lowest BCUT2D eigenvalue weighted by Gasteiger charge is -2.20. The zero-order valence-electron chi connectivity index (χ0n) is 16.4. The number of fused-ring (bicyclic) bond motifs is 1. The average molecular weight is 432 g/mol. The highest BCUT2D eigenvalue weighted by atomic mass is 32.2. The maximum atomic E-state index is 13.9. The molecule has 1 heterocycles. The van der Waals surface area contributed by atoms with E-state index in [2.05, 4.69) is 9.62 Å². The summed E-state index contributed by atoms with van der Waals surface area (Å²) in [6.45, 7) is 1.77. The Labute approximate surface area is 174 Å². The molecule has 1 N–H and O–H groups in total. The highest BCUT2D eigenvalue weighted by molar-refractivity contribution is 7.89. The third kappa shape index (κ3) is 4.16. The highest BCUT2D eigenvalue weighted by Crippen LogP contribution is 2.30. The smallest absolute Gasteiger partial charge is 0.243 e. The monoisotopic (exact) mass is 432 g/mol. The van der Waals surface area contributed by atoms with Crippen LogP contribution in [0.4, 0.5) is 8.78 Å². The predicted octanol–water partition coefficient (Wildman–Crippen LogP) is 3.68. The Morgan fingerprint density at radius 2 is 1.93 bits per heavy atom. The minimum Gasteiger partial charge on any atom is -0.496 e. The molecule has 8 heteroatoms. The van der Waals surface area contributed by atoms with Gasteiger partial charge in [-0.1, -0.05) is 30.3 Å². The van der Waals surface area contributed by atoms with Crippen LogP contribution < -0.4 is 9.46 Å². The number of likely N-dealkylation sites (tertiary alicyclic amines) is 1. The number of rotatable bonds is 6. The predicted molar refractivity (Wildman–Crippen MR) is 111 cm³/mol. The van der Waals surface area contributed by atoms with E-state index in [0.717, 1.165) is 34.2 Å². The Hall–Kier alpha value is -2.55.